The Balaban J connectivity index is 2.43. The highest BCUT2D eigenvalue weighted by molar-refractivity contribution is 9.11. The van der Waals surface area contributed by atoms with Gasteiger partial charge in [0.1, 0.15) is 5.82 Å². The molecule has 0 nitrogen and oxygen atoms in total. The van der Waals surface area contributed by atoms with Gasteiger partial charge < -0.3 is 0 Å². The van der Waals surface area contributed by atoms with Crippen LogP contribution in [0.5, 0.6) is 0 Å². The molecule has 0 fully saturated rings. The van der Waals surface area contributed by atoms with Crippen LogP contribution in [0.15, 0.2) is 28.1 Å². The molecule has 1 unspecified atom stereocenters. The first-order valence-corrected chi connectivity index (χ1v) is 7.67. The lowest BCUT2D eigenvalue weighted by molar-refractivity contribution is 0.624. The molecule has 0 aliphatic rings. The van der Waals surface area contributed by atoms with E-state index in [1.165, 1.54) is 10.4 Å². The third-order valence-corrected chi connectivity index (χ3v) is 5.15. The third kappa shape index (κ3) is 2.98. The molecule has 1 atom stereocenters. The standard InChI is InChI=1S/C13H11Br2FS/c1-7-3-9(5-10(16)4-7)13(15)11-6-12(14)17-8(11)2/h3-6,13H,1-2H3. The molecular weight excluding hydrogens is 367 g/mol. The normalized spacial score (nSPS) is 12.8. The van der Waals surface area contributed by atoms with Crippen LogP contribution in [-0.4, -0.2) is 0 Å². The Labute approximate surface area is 121 Å². The number of hydrogen-bond donors (Lipinski definition) is 0. The number of aryl methyl sites for hydroxylation is 2. The average molecular weight is 378 g/mol. The Bertz CT molecular complexity index is 528. The van der Waals surface area contributed by atoms with Crippen LogP contribution in [0.4, 0.5) is 4.39 Å². The van der Waals surface area contributed by atoms with Crippen LogP contribution < -0.4 is 0 Å². The molecule has 2 rings (SSSR count). The summed E-state index contributed by atoms with van der Waals surface area (Å²) in [6.07, 6.45) is 0. The van der Waals surface area contributed by atoms with Gasteiger partial charge in [-0.15, -0.1) is 11.3 Å². The van der Waals surface area contributed by atoms with Crippen molar-refractivity contribution in [3.05, 3.63) is 55.4 Å². The highest BCUT2D eigenvalue weighted by atomic mass is 79.9. The molecular formula is C13H11Br2FS. The molecule has 0 aliphatic carbocycles. The van der Waals surface area contributed by atoms with Gasteiger partial charge in [0, 0.05) is 4.88 Å². The molecule has 1 aromatic heterocycles. The highest BCUT2D eigenvalue weighted by Gasteiger charge is 2.16. The molecule has 0 bridgehead atoms. The van der Waals surface area contributed by atoms with Gasteiger partial charge in [-0.3, -0.25) is 0 Å². The quantitative estimate of drug-likeness (QED) is 0.584. The van der Waals surface area contributed by atoms with E-state index in [1.54, 1.807) is 23.5 Å². The van der Waals surface area contributed by atoms with Crippen LogP contribution in [0.2, 0.25) is 0 Å². The number of thiophene rings is 1. The lowest BCUT2D eigenvalue weighted by Crippen LogP contribution is -1.94. The summed E-state index contributed by atoms with van der Waals surface area (Å²) >= 11 is 8.82. The minimum Gasteiger partial charge on any atom is -0.207 e. The summed E-state index contributed by atoms with van der Waals surface area (Å²) in [4.78, 5) is 1.28. The van der Waals surface area contributed by atoms with Crippen molar-refractivity contribution in [3.8, 4) is 0 Å². The van der Waals surface area contributed by atoms with Gasteiger partial charge in [0.15, 0.2) is 0 Å². The number of rotatable bonds is 2. The van der Waals surface area contributed by atoms with E-state index in [0.717, 1.165) is 14.9 Å². The van der Waals surface area contributed by atoms with Gasteiger partial charge >= 0.3 is 0 Å². The van der Waals surface area contributed by atoms with Crippen molar-refractivity contribution in [2.45, 2.75) is 18.7 Å². The lowest BCUT2D eigenvalue weighted by atomic mass is 10.0. The fraction of sp³-hybridized carbons (Fsp3) is 0.231. The van der Waals surface area contributed by atoms with Crippen molar-refractivity contribution in [1.82, 2.24) is 0 Å². The average Bonchev–Trinajstić information content (AvgIpc) is 2.55. The van der Waals surface area contributed by atoms with E-state index in [4.69, 9.17) is 0 Å². The van der Waals surface area contributed by atoms with E-state index in [0.29, 0.717) is 0 Å². The van der Waals surface area contributed by atoms with Crippen LogP contribution in [-0.2, 0) is 0 Å². The smallest absolute Gasteiger partial charge is 0.123 e. The summed E-state index contributed by atoms with van der Waals surface area (Å²) in [5, 5.41) is 0. The Morgan fingerprint density at radius 1 is 1.18 bits per heavy atom. The van der Waals surface area contributed by atoms with Crippen molar-refractivity contribution in [1.29, 1.82) is 0 Å². The summed E-state index contributed by atoms with van der Waals surface area (Å²) < 4.78 is 14.5. The molecule has 0 amide bonds. The van der Waals surface area contributed by atoms with Crippen molar-refractivity contribution in [2.75, 3.05) is 0 Å². The van der Waals surface area contributed by atoms with E-state index >= 15 is 0 Å². The topological polar surface area (TPSA) is 0 Å². The number of alkyl halides is 1. The zero-order valence-electron chi connectivity index (χ0n) is 9.43. The first kappa shape index (κ1) is 13.2. The molecule has 90 valence electrons. The summed E-state index contributed by atoms with van der Waals surface area (Å²) in [5.74, 6) is -0.184. The molecule has 2 aromatic rings. The van der Waals surface area contributed by atoms with E-state index in [9.17, 15) is 4.39 Å². The summed E-state index contributed by atoms with van der Waals surface area (Å²) in [5.41, 5.74) is 3.08. The minimum absolute atomic E-state index is 0.0412. The van der Waals surface area contributed by atoms with Crippen molar-refractivity contribution >= 4 is 43.2 Å². The molecule has 1 aromatic carbocycles. The molecule has 4 heteroatoms. The molecule has 1 heterocycles. The van der Waals surface area contributed by atoms with Gasteiger partial charge in [0.25, 0.3) is 0 Å². The first-order chi connectivity index (χ1) is 7.97. The van der Waals surface area contributed by atoms with E-state index in [-0.39, 0.29) is 10.6 Å². The van der Waals surface area contributed by atoms with Crippen LogP contribution >= 0.6 is 43.2 Å². The van der Waals surface area contributed by atoms with Crippen molar-refractivity contribution in [2.24, 2.45) is 0 Å². The second kappa shape index (κ2) is 5.21. The molecule has 17 heavy (non-hydrogen) atoms. The zero-order chi connectivity index (χ0) is 12.6. The van der Waals surface area contributed by atoms with Crippen molar-refractivity contribution < 1.29 is 4.39 Å². The second-order valence-corrected chi connectivity index (χ2v) is 7.54. The Kier molecular flexibility index (Phi) is 4.06. The maximum atomic E-state index is 13.4. The van der Waals surface area contributed by atoms with Gasteiger partial charge in [-0.2, -0.15) is 0 Å². The minimum atomic E-state index is -0.184. The SMILES string of the molecule is Cc1cc(F)cc(C(Br)c2cc(Br)sc2C)c1. The molecule has 0 radical (unpaired) electrons. The second-order valence-electron chi connectivity index (χ2n) is 3.99. The third-order valence-electron chi connectivity index (χ3n) is 2.56. The number of benzene rings is 1. The molecule has 0 aliphatic heterocycles. The summed E-state index contributed by atoms with van der Waals surface area (Å²) in [6.45, 7) is 3.98. The van der Waals surface area contributed by atoms with E-state index in [1.807, 2.05) is 13.0 Å². The molecule has 0 N–H and O–H groups in total. The van der Waals surface area contributed by atoms with Gasteiger partial charge in [0.05, 0.1) is 8.61 Å². The van der Waals surface area contributed by atoms with Crippen LogP contribution in [0.3, 0.4) is 0 Å². The van der Waals surface area contributed by atoms with Crippen LogP contribution in [0, 0.1) is 19.7 Å². The van der Waals surface area contributed by atoms with Crippen LogP contribution in [0.25, 0.3) is 0 Å². The van der Waals surface area contributed by atoms with E-state index in [2.05, 4.69) is 44.8 Å². The summed E-state index contributed by atoms with van der Waals surface area (Å²) in [6, 6.07) is 7.21. The monoisotopic (exact) mass is 376 g/mol. The van der Waals surface area contributed by atoms with Gasteiger partial charge in [0.2, 0.25) is 0 Å². The fourth-order valence-corrected chi connectivity index (χ4v) is 4.44. The summed E-state index contributed by atoms with van der Waals surface area (Å²) in [7, 11) is 0. The van der Waals surface area contributed by atoms with Gasteiger partial charge in [-0.1, -0.05) is 22.0 Å². The predicted octanol–water partition coefficient (Wildman–Crippen LogP) is 5.75. The highest BCUT2D eigenvalue weighted by Crippen LogP contribution is 2.38. The zero-order valence-corrected chi connectivity index (χ0v) is 13.4. The van der Waals surface area contributed by atoms with Crippen molar-refractivity contribution in [3.63, 3.8) is 0 Å². The molecule has 0 saturated carbocycles. The van der Waals surface area contributed by atoms with Gasteiger partial charge in [-0.25, -0.2) is 4.39 Å². The predicted molar refractivity (Wildman–Crippen MR) is 78.7 cm³/mol. The lowest BCUT2D eigenvalue weighted by Gasteiger charge is -2.11. The maximum absolute atomic E-state index is 13.4. The molecule has 0 saturated heterocycles. The fourth-order valence-electron chi connectivity index (χ4n) is 1.80. The molecule has 0 spiro atoms. The van der Waals surface area contributed by atoms with E-state index < -0.39 is 0 Å². The Morgan fingerprint density at radius 3 is 2.41 bits per heavy atom. The first-order valence-electron chi connectivity index (χ1n) is 5.14. The van der Waals surface area contributed by atoms with Crippen LogP contribution in [0.1, 0.15) is 26.4 Å². The Hall–Kier alpha value is -0.190. The Morgan fingerprint density at radius 2 is 1.88 bits per heavy atom. The number of halogens is 3. The number of hydrogen-bond acceptors (Lipinski definition) is 1. The largest absolute Gasteiger partial charge is 0.207 e. The van der Waals surface area contributed by atoms with Gasteiger partial charge in [-0.05, 0) is 64.7 Å². The maximum Gasteiger partial charge on any atom is 0.123 e.